The van der Waals surface area contributed by atoms with Crippen LogP contribution >= 0.6 is 11.6 Å². The number of rotatable bonds is 5. The van der Waals surface area contributed by atoms with Crippen LogP contribution in [0.3, 0.4) is 0 Å². The van der Waals surface area contributed by atoms with E-state index in [0.717, 1.165) is 0 Å². The van der Waals surface area contributed by atoms with Gasteiger partial charge in [-0.15, -0.1) is 0 Å². The number of benzene rings is 1. The minimum atomic E-state index is -4.66. The maximum absolute atomic E-state index is 12.5. The number of aromatic nitrogens is 3. The average Bonchev–Trinajstić information content (AvgIpc) is 3.31. The highest BCUT2D eigenvalue weighted by Crippen LogP contribution is 2.33. The maximum atomic E-state index is 12.5. The van der Waals surface area contributed by atoms with E-state index in [-0.39, 0.29) is 34.0 Å². The summed E-state index contributed by atoms with van der Waals surface area (Å²) in [6, 6.07) is 5.88. The van der Waals surface area contributed by atoms with E-state index in [2.05, 4.69) is 20.1 Å². The second-order valence-electron chi connectivity index (χ2n) is 6.34. The third-order valence-corrected chi connectivity index (χ3v) is 4.66. The number of hydrogen-bond acceptors (Lipinski definition) is 6. The Hall–Kier alpha value is -3.60. The molecule has 1 aromatic carbocycles. The van der Waals surface area contributed by atoms with Crippen molar-refractivity contribution >= 4 is 40.1 Å². The van der Waals surface area contributed by atoms with Gasteiger partial charge in [0, 0.05) is 17.8 Å². The van der Waals surface area contributed by atoms with Crippen LogP contribution in [0.4, 0.5) is 13.2 Å². The van der Waals surface area contributed by atoms with Gasteiger partial charge in [-0.25, -0.2) is 14.3 Å². The molecule has 1 N–H and O–H groups in total. The fourth-order valence-corrected chi connectivity index (χ4v) is 3.13. The van der Waals surface area contributed by atoms with E-state index < -0.39 is 24.7 Å². The number of carbonyl (C=O) groups is 2. The van der Waals surface area contributed by atoms with Crippen LogP contribution in [0, 0.1) is 0 Å². The number of para-hydroxylation sites is 1. The summed E-state index contributed by atoms with van der Waals surface area (Å²) in [7, 11) is 0. The number of fused-ring (bicyclic) bond motifs is 2. The number of halogens is 4. The molecular formula is C19H12ClF3N4O4. The molecule has 0 saturated carbocycles. The predicted molar refractivity (Wildman–Crippen MR) is 102 cm³/mol. The summed E-state index contributed by atoms with van der Waals surface area (Å²) >= 11 is 6.28. The van der Waals surface area contributed by atoms with Crippen LogP contribution in [-0.4, -0.2) is 39.3 Å². The molecule has 4 aromatic rings. The molecule has 31 heavy (non-hydrogen) atoms. The van der Waals surface area contributed by atoms with Gasteiger partial charge in [0.1, 0.15) is 22.5 Å². The molecule has 0 unspecified atom stereocenters. The zero-order valence-electron chi connectivity index (χ0n) is 15.4. The van der Waals surface area contributed by atoms with Crippen molar-refractivity contribution in [3.63, 3.8) is 0 Å². The van der Waals surface area contributed by atoms with Gasteiger partial charge in [0.15, 0.2) is 12.3 Å². The molecule has 3 aromatic heterocycles. The number of hydrogen-bond donors (Lipinski definition) is 1. The van der Waals surface area contributed by atoms with Crippen LogP contribution in [0.5, 0.6) is 0 Å². The zero-order valence-corrected chi connectivity index (χ0v) is 16.2. The van der Waals surface area contributed by atoms with Crippen molar-refractivity contribution in [2.45, 2.75) is 12.7 Å². The lowest BCUT2D eigenvalue weighted by Crippen LogP contribution is -2.22. The zero-order chi connectivity index (χ0) is 22.2. The number of nitrogens with zero attached hydrogens (tertiary/aromatic N) is 3. The third-order valence-electron chi connectivity index (χ3n) is 4.24. The fourth-order valence-electron chi connectivity index (χ4n) is 2.88. The van der Waals surface area contributed by atoms with Gasteiger partial charge in [-0.3, -0.25) is 4.79 Å². The van der Waals surface area contributed by atoms with Gasteiger partial charge >= 0.3 is 12.1 Å². The minimum absolute atomic E-state index is 0.0402. The SMILES string of the molecule is O=C(OCC(F)(F)F)c1cccc2c(Cl)c(CNC(=O)c3cnn4cccnc34)oc12. The molecule has 0 radical (unpaired) electrons. The van der Waals surface area contributed by atoms with Crippen molar-refractivity contribution in [1.29, 1.82) is 0 Å². The summed E-state index contributed by atoms with van der Waals surface area (Å²) < 4.78 is 48.3. The average molecular weight is 453 g/mol. The van der Waals surface area contributed by atoms with Crippen molar-refractivity contribution in [3.05, 3.63) is 64.8 Å². The normalized spacial score (nSPS) is 11.7. The van der Waals surface area contributed by atoms with Gasteiger partial charge in [0.2, 0.25) is 0 Å². The van der Waals surface area contributed by atoms with E-state index in [1.807, 2.05) is 0 Å². The van der Waals surface area contributed by atoms with Gasteiger partial charge < -0.3 is 14.5 Å². The van der Waals surface area contributed by atoms with E-state index in [4.69, 9.17) is 16.0 Å². The molecule has 12 heteroatoms. The number of carbonyl (C=O) groups excluding carboxylic acids is 2. The van der Waals surface area contributed by atoms with Crippen molar-refractivity contribution in [3.8, 4) is 0 Å². The van der Waals surface area contributed by atoms with Crippen LogP contribution in [0.15, 0.2) is 47.3 Å². The van der Waals surface area contributed by atoms with Crippen LogP contribution in [-0.2, 0) is 11.3 Å². The molecule has 160 valence electrons. The van der Waals surface area contributed by atoms with Crippen LogP contribution < -0.4 is 5.32 Å². The largest absolute Gasteiger partial charge is 0.457 e. The Labute approximate surface area is 176 Å². The van der Waals surface area contributed by atoms with E-state index in [1.54, 1.807) is 12.3 Å². The minimum Gasteiger partial charge on any atom is -0.457 e. The molecule has 0 aliphatic carbocycles. The molecule has 0 aliphatic rings. The van der Waals surface area contributed by atoms with Gasteiger partial charge in [-0.1, -0.05) is 17.7 Å². The molecule has 8 nitrogen and oxygen atoms in total. The number of esters is 1. The molecule has 4 rings (SSSR count). The first-order valence-corrected chi connectivity index (χ1v) is 9.13. The second kappa shape index (κ2) is 7.91. The lowest BCUT2D eigenvalue weighted by Gasteiger charge is -2.07. The summed E-state index contributed by atoms with van der Waals surface area (Å²) in [4.78, 5) is 28.7. The summed E-state index contributed by atoms with van der Waals surface area (Å²) in [6.07, 6.45) is -0.155. The van der Waals surface area contributed by atoms with Gasteiger partial charge in [-0.2, -0.15) is 18.3 Å². The second-order valence-corrected chi connectivity index (χ2v) is 6.72. The Balaban J connectivity index is 1.55. The highest BCUT2D eigenvalue weighted by atomic mass is 35.5. The maximum Gasteiger partial charge on any atom is 0.422 e. The molecule has 0 atom stereocenters. The molecule has 0 spiro atoms. The summed E-state index contributed by atoms with van der Waals surface area (Å²) in [5.74, 6) is -1.58. The van der Waals surface area contributed by atoms with E-state index in [9.17, 15) is 22.8 Å². The summed E-state index contributed by atoms with van der Waals surface area (Å²) in [5.41, 5.74) is 0.323. The van der Waals surface area contributed by atoms with Crippen molar-refractivity contribution < 1.29 is 31.9 Å². The summed E-state index contributed by atoms with van der Waals surface area (Å²) in [5, 5.41) is 7.05. The topological polar surface area (TPSA) is 98.7 Å². The Morgan fingerprint density at radius 1 is 1.23 bits per heavy atom. The number of alkyl halides is 3. The van der Waals surface area contributed by atoms with Crippen molar-refractivity contribution in [2.75, 3.05) is 6.61 Å². The van der Waals surface area contributed by atoms with Gasteiger partial charge in [-0.05, 0) is 18.2 Å². The predicted octanol–water partition coefficient (Wildman–Crippen LogP) is 3.78. The molecule has 3 heterocycles. The monoisotopic (exact) mass is 452 g/mol. The quantitative estimate of drug-likeness (QED) is 0.463. The van der Waals surface area contributed by atoms with Crippen LogP contribution in [0.1, 0.15) is 26.5 Å². The molecule has 0 bridgehead atoms. The Kier molecular flexibility index (Phi) is 5.27. The molecule has 0 aliphatic heterocycles. The van der Waals surface area contributed by atoms with E-state index in [0.29, 0.717) is 11.0 Å². The van der Waals surface area contributed by atoms with E-state index >= 15 is 0 Å². The summed E-state index contributed by atoms with van der Waals surface area (Å²) in [6.45, 7) is -1.87. The molecule has 1 amide bonds. The lowest BCUT2D eigenvalue weighted by molar-refractivity contribution is -0.161. The first-order chi connectivity index (χ1) is 14.7. The molecular weight excluding hydrogens is 441 g/mol. The highest BCUT2D eigenvalue weighted by Gasteiger charge is 2.30. The number of furan rings is 1. The molecule has 0 fully saturated rings. The third kappa shape index (κ3) is 4.17. The lowest BCUT2D eigenvalue weighted by atomic mass is 10.1. The first-order valence-electron chi connectivity index (χ1n) is 8.75. The number of amides is 1. The van der Waals surface area contributed by atoms with Crippen molar-refractivity contribution in [1.82, 2.24) is 19.9 Å². The Morgan fingerprint density at radius 3 is 2.81 bits per heavy atom. The van der Waals surface area contributed by atoms with Gasteiger partial charge in [0.25, 0.3) is 5.91 Å². The van der Waals surface area contributed by atoms with Crippen molar-refractivity contribution in [2.24, 2.45) is 0 Å². The molecule has 0 saturated heterocycles. The standard InChI is InChI=1S/C19H12ClF3N4O4/c20-14-10-3-1-4-11(18(29)30-9-19(21,22)23)15(10)31-13(14)8-25-17(28)12-7-26-27-6-2-5-24-16(12)27/h1-7H,8-9H2,(H,25,28). The Bertz CT molecular complexity index is 1300. The Morgan fingerprint density at radius 2 is 2.03 bits per heavy atom. The fraction of sp³-hybridized carbons (Fsp3) is 0.158. The van der Waals surface area contributed by atoms with Crippen LogP contribution in [0.25, 0.3) is 16.6 Å². The smallest absolute Gasteiger partial charge is 0.422 e. The van der Waals surface area contributed by atoms with E-state index in [1.165, 1.54) is 35.1 Å². The first kappa shape index (κ1) is 20.7. The van der Waals surface area contributed by atoms with Gasteiger partial charge in [0.05, 0.1) is 17.8 Å². The van der Waals surface area contributed by atoms with Crippen LogP contribution in [0.2, 0.25) is 5.02 Å². The highest BCUT2D eigenvalue weighted by molar-refractivity contribution is 6.36. The number of nitrogens with one attached hydrogen (secondary N) is 1. The number of ether oxygens (including phenoxy) is 1.